The van der Waals surface area contributed by atoms with Crippen LogP contribution in [0.1, 0.15) is 33.8 Å². The third-order valence-corrected chi connectivity index (χ3v) is 7.70. The van der Waals surface area contributed by atoms with Crippen LogP contribution in [0.3, 0.4) is 0 Å². The predicted octanol–water partition coefficient (Wildman–Crippen LogP) is 4.11. The maximum atomic E-state index is 13.7. The van der Waals surface area contributed by atoms with Crippen LogP contribution in [0, 0.1) is 17.1 Å². The van der Waals surface area contributed by atoms with Gasteiger partial charge in [-0.15, -0.1) is 0 Å². The molecule has 1 atom stereocenters. The van der Waals surface area contributed by atoms with Gasteiger partial charge in [-0.3, -0.25) is 9.69 Å². The minimum absolute atomic E-state index is 0.0717. The van der Waals surface area contributed by atoms with Crippen LogP contribution in [0.25, 0.3) is 10.8 Å². The van der Waals surface area contributed by atoms with Crippen LogP contribution >= 0.6 is 0 Å². The van der Waals surface area contributed by atoms with E-state index in [1.807, 2.05) is 49.5 Å². The maximum absolute atomic E-state index is 13.7. The minimum atomic E-state index is -0.261. The van der Waals surface area contributed by atoms with Gasteiger partial charge in [-0.1, -0.05) is 36.4 Å². The summed E-state index contributed by atoms with van der Waals surface area (Å²) >= 11 is 0. The number of hydrogen-bond donors (Lipinski definition) is 0. The zero-order valence-electron chi connectivity index (χ0n) is 21.3. The summed E-state index contributed by atoms with van der Waals surface area (Å²) in [5.41, 5.74) is 2.03. The monoisotopic (exact) mass is 500 g/mol. The van der Waals surface area contributed by atoms with Gasteiger partial charge in [0.25, 0.3) is 5.91 Å². The van der Waals surface area contributed by atoms with Crippen LogP contribution in [0.2, 0.25) is 0 Å². The molecule has 0 N–H and O–H groups in total. The number of carbonyl (C=O) groups excluding carboxylic acids is 1. The van der Waals surface area contributed by atoms with Crippen molar-refractivity contribution in [1.82, 2.24) is 14.7 Å². The molecule has 2 fully saturated rings. The highest BCUT2D eigenvalue weighted by Gasteiger charge is 2.33. The average molecular weight is 501 g/mol. The average Bonchev–Trinajstić information content (AvgIpc) is 2.91. The van der Waals surface area contributed by atoms with Crippen LogP contribution in [0.15, 0.2) is 60.7 Å². The van der Waals surface area contributed by atoms with E-state index < -0.39 is 0 Å². The van der Waals surface area contributed by atoms with Crippen molar-refractivity contribution in [2.45, 2.75) is 18.4 Å². The Morgan fingerprint density at radius 3 is 2.59 bits per heavy atom. The number of likely N-dealkylation sites (tertiary alicyclic amines) is 1. The Kier molecular flexibility index (Phi) is 7.80. The van der Waals surface area contributed by atoms with Crippen molar-refractivity contribution in [1.29, 1.82) is 5.26 Å². The summed E-state index contributed by atoms with van der Waals surface area (Å²) in [5.74, 6) is -0.304. The Hall–Kier alpha value is -3.31. The highest BCUT2D eigenvalue weighted by atomic mass is 19.1. The fourth-order valence-electron chi connectivity index (χ4n) is 5.51. The fourth-order valence-corrected chi connectivity index (χ4v) is 5.51. The zero-order chi connectivity index (χ0) is 25.8. The van der Waals surface area contributed by atoms with E-state index >= 15 is 0 Å². The molecule has 7 heteroatoms. The van der Waals surface area contributed by atoms with Gasteiger partial charge in [0.15, 0.2) is 0 Å². The van der Waals surface area contributed by atoms with E-state index in [-0.39, 0.29) is 17.6 Å². The molecule has 37 heavy (non-hydrogen) atoms. The van der Waals surface area contributed by atoms with E-state index in [4.69, 9.17) is 4.74 Å². The molecule has 192 valence electrons. The summed E-state index contributed by atoms with van der Waals surface area (Å²) in [6.45, 7) is 7.19. The molecule has 2 saturated heterocycles. The number of likely N-dealkylation sites (N-methyl/N-ethyl adjacent to an activating group) is 1. The van der Waals surface area contributed by atoms with Crippen LogP contribution in [-0.4, -0.2) is 86.2 Å². The Morgan fingerprint density at radius 2 is 1.86 bits per heavy atom. The highest BCUT2D eigenvalue weighted by Crippen LogP contribution is 2.27. The summed E-state index contributed by atoms with van der Waals surface area (Å²) in [5, 5.41) is 11.2. The number of halogens is 1. The number of benzene rings is 3. The zero-order valence-corrected chi connectivity index (χ0v) is 21.3. The number of hydrogen-bond acceptors (Lipinski definition) is 5. The SMILES string of the molecule is CN(CC(CCN1CC(N2CCOCC2)C1)c1ccc(F)cc1)C(=O)c1cc(C#N)cc2ccccc12. The number of morpholine rings is 1. The first-order valence-corrected chi connectivity index (χ1v) is 13.0. The second-order valence-corrected chi connectivity index (χ2v) is 10.1. The second-order valence-electron chi connectivity index (χ2n) is 10.1. The number of nitriles is 1. The van der Waals surface area contributed by atoms with Gasteiger partial charge in [0, 0.05) is 57.3 Å². The summed E-state index contributed by atoms with van der Waals surface area (Å²) in [4.78, 5) is 20.3. The summed E-state index contributed by atoms with van der Waals surface area (Å²) < 4.78 is 19.1. The van der Waals surface area contributed by atoms with Gasteiger partial charge in [-0.25, -0.2) is 4.39 Å². The molecule has 3 aromatic rings. The summed E-state index contributed by atoms with van der Waals surface area (Å²) in [6, 6.07) is 20.6. The summed E-state index contributed by atoms with van der Waals surface area (Å²) in [6.07, 6.45) is 0.873. The third-order valence-electron chi connectivity index (χ3n) is 7.70. The van der Waals surface area contributed by atoms with Gasteiger partial charge < -0.3 is 14.5 Å². The normalized spacial score (nSPS) is 17.8. The first-order valence-electron chi connectivity index (χ1n) is 13.0. The minimum Gasteiger partial charge on any atom is -0.379 e. The molecule has 0 saturated carbocycles. The summed E-state index contributed by atoms with van der Waals surface area (Å²) in [7, 11) is 1.81. The van der Waals surface area contributed by atoms with Crippen molar-refractivity contribution in [2.24, 2.45) is 0 Å². The van der Waals surface area contributed by atoms with Crippen molar-refractivity contribution < 1.29 is 13.9 Å². The molecule has 6 nitrogen and oxygen atoms in total. The van der Waals surface area contributed by atoms with Gasteiger partial charge in [0.1, 0.15) is 5.82 Å². The van der Waals surface area contributed by atoms with Crippen LogP contribution in [0.5, 0.6) is 0 Å². The van der Waals surface area contributed by atoms with Crippen molar-refractivity contribution in [3.05, 3.63) is 83.2 Å². The van der Waals surface area contributed by atoms with Crippen molar-refractivity contribution >= 4 is 16.7 Å². The molecule has 2 aliphatic rings. The van der Waals surface area contributed by atoms with Gasteiger partial charge >= 0.3 is 0 Å². The number of fused-ring (bicyclic) bond motifs is 1. The van der Waals surface area contributed by atoms with Crippen LogP contribution < -0.4 is 0 Å². The molecular formula is C30H33FN4O2. The van der Waals surface area contributed by atoms with Gasteiger partial charge in [-0.2, -0.15) is 5.26 Å². The Balaban J connectivity index is 1.28. The Bertz CT molecular complexity index is 1280. The van der Waals surface area contributed by atoms with Crippen molar-refractivity contribution in [3.8, 4) is 6.07 Å². The second kappa shape index (κ2) is 11.4. The van der Waals surface area contributed by atoms with E-state index in [0.29, 0.717) is 23.7 Å². The fraction of sp³-hybridized carbons (Fsp3) is 0.400. The molecular weight excluding hydrogens is 467 g/mol. The predicted molar refractivity (Wildman–Crippen MR) is 142 cm³/mol. The lowest BCUT2D eigenvalue weighted by Crippen LogP contribution is -2.61. The lowest BCUT2D eigenvalue weighted by atomic mass is 9.93. The third kappa shape index (κ3) is 5.83. The molecule has 0 radical (unpaired) electrons. The van der Waals surface area contributed by atoms with Gasteiger partial charge in [-0.05, 0) is 53.6 Å². The topological polar surface area (TPSA) is 59.8 Å². The number of nitrogens with zero attached hydrogens (tertiary/aromatic N) is 4. The molecule has 0 spiro atoms. The van der Waals surface area contributed by atoms with E-state index in [9.17, 15) is 14.4 Å². The number of carbonyl (C=O) groups is 1. The standard InChI is InChI=1S/C30H33FN4O2/c1-33(30(36)29-17-22(18-32)16-24-4-2-3-5-28(24)29)19-25(23-6-8-26(31)9-7-23)10-11-34-20-27(21-34)35-12-14-37-15-13-35/h2-9,16-17,25,27H,10-15,19-21H2,1H3. The molecule has 2 aliphatic heterocycles. The van der Waals surface area contributed by atoms with Gasteiger partial charge in [0.2, 0.25) is 0 Å². The first kappa shape index (κ1) is 25.3. The van der Waals surface area contributed by atoms with Crippen LogP contribution in [0.4, 0.5) is 4.39 Å². The van der Waals surface area contributed by atoms with E-state index in [2.05, 4.69) is 15.9 Å². The van der Waals surface area contributed by atoms with E-state index in [0.717, 1.165) is 68.7 Å². The van der Waals surface area contributed by atoms with Crippen molar-refractivity contribution in [2.75, 3.05) is 59.5 Å². The van der Waals surface area contributed by atoms with Crippen molar-refractivity contribution in [3.63, 3.8) is 0 Å². The molecule has 5 rings (SSSR count). The quantitative estimate of drug-likeness (QED) is 0.466. The largest absolute Gasteiger partial charge is 0.379 e. The van der Waals surface area contributed by atoms with Gasteiger partial charge in [0.05, 0.1) is 24.8 Å². The lowest BCUT2D eigenvalue weighted by Gasteiger charge is -2.47. The molecule has 2 heterocycles. The molecule has 3 aromatic carbocycles. The smallest absolute Gasteiger partial charge is 0.254 e. The molecule has 1 unspecified atom stereocenters. The van der Waals surface area contributed by atoms with Crippen LogP contribution in [-0.2, 0) is 4.74 Å². The number of amides is 1. The molecule has 0 aromatic heterocycles. The molecule has 1 amide bonds. The number of ether oxygens (including phenoxy) is 1. The molecule has 0 bridgehead atoms. The first-order chi connectivity index (χ1) is 18.0. The molecule has 0 aliphatic carbocycles. The van der Waals surface area contributed by atoms with E-state index in [1.54, 1.807) is 11.0 Å². The Morgan fingerprint density at radius 1 is 1.14 bits per heavy atom. The Labute approximate surface area is 217 Å². The maximum Gasteiger partial charge on any atom is 0.254 e. The van der Waals surface area contributed by atoms with E-state index in [1.165, 1.54) is 12.1 Å². The number of rotatable bonds is 8. The highest BCUT2D eigenvalue weighted by molar-refractivity contribution is 6.07. The lowest BCUT2D eigenvalue weighted by molar-refractivity contribution is -0.0326.